The summed E-state index contributed by atoms with van der Waals surface area (Å²) >= 11 is 0. The summed E-state index contributed by atoms with van der Waals surface area (Å²) in [5, 5.41) is 11.8. The molecule has 1 saturated heterocycles. The molecule has 1 heterocycles. The third-order valence-electron chi connectivity index (χ3n) is 5.24. The maximum atomic E-state index is 12.4. The van der Waals surface area contributed by atoms with Crippen molar-refractivity contribution in [3.63, 3.8) is 0 Å². The second-order valence-electron chi connectivity index (χ2n) is 7.32. The largest absolute Gasteiger partial charge is 0.481 e. The lowest BCUT2D eigenvalue weighted by Gasteiger charge is -2.37. The van der Waals surface area contributed by atoms with Crippen molar-refractivity contribution >= 4 is 22.6 Å². The molecular formula is C21H25NO3. The van der Waals surface area contributed by atoms with Crippen molar-refractivity contribution in [1.29, 1.82) is 0 Å². The average molecular weight is 339 g/mol. The maximum Gasteiger partial charge on any atom is 0.311 e. The van der Waals surface area contributed by atoms with Crippen molar-refractivity contribution in [1.82, 2.24) is 4.90 Å². The molecule has 1 atom stereocenters. The van der Waals surface area contributed by atoms with Gasteiger partial charge >= 0.3 is 5.97 Å². The highest BCUT2D eigenvalue weighted by atomic mass is 16.4. The molecule has 1 amide bonds. The molecule has 1 aliphatic rings. The fraction of sp³-hybridized carbons (Fsp3) is 0.429. The minimum Gasteiger partial charge on any atom is -0.481 e. The smallest absolute Gasteiger partial charge is 0.311 e. The number of hydrogen-bond donors (Lipinski definition) is 1. The Morgan fingerprint density at radius 3 is 2.68 bits per heavy atom. The highest BCUT2D eigenvalue weighted by Crippen LogP contribution is 2.30. The number of fused-ring (bicyclic) bond motifs is 1. The maximum absolute atomic E-state index is 12.4. The van der Waals surface area contributed by atoms with Crippen molar-refractivity contribution in [3.05, 3.63) is 48.0 Å². The minimum atomic E-state index is -0.804. The molecule has 1 unspecified atom stereocenters. The zero-order valence-corrected chi connectivity index (χ0v) is 14.7. The summed E-state index contributed by atoms with van der Waals surface area (Å²) in [6.07, 6.45) is 3.53. The molecule has 1 N–H and O–H groups in total. The first-order chi connectivity index (χ1) is 12.0. The number of carbonyl (C=O) groups excluding carboxylic acids is 1. The standard InChI is InChI=1S/C21H25NO3/c1-21(20(24)25)12-5-13-22(15-21)19(23)9-4-6-16-10-11-17-7-2-3-8-18(17)14-16/h2-3,7-8,10-11,14H,4-6,9,12-13,15H2,1H3,(H,24,25). The van der Waals surface area contributed by atoms with Crippen LogP contribution in [0.15, 0.2) is 42.5 Å². The van der Waals surface area contributed by atoms with Crippen LogP contribution in [0.25, 0.3) is 10.8 Å². The Kier molecular flexibility index (Phi) is 5.07. The number of aliphatic carboxylic acids is 1. The molecule has 0 saturated carbocycles. The first kappa shape index (κ1) is 17.5. The summed E-state index contributed by atoms with van der Waals surface area (Å²) in [7, 11) is 0. The molecule has 2 aromatic carbocycles. The van der Waals surface area contributed by atoms with E-state index in [1.54, 1.807) is 11.8 Å². The Hall–Kier alpha value is -2.36. The number of hydrogen-bond acceptors (Lipinski definition) is 2. The van der Waals surface area contributed by atoms with Crippen molar-refractivity contribution in [3.8, 4) is 0 Å². The van der Waals surface area contributed by atoms with Gasteiger partial charge in [0.05, 0.1) is 5.41 Å². The van der Waals surface area contributed by atoms with Gasteiger partial charge in [0, 0.05) is 19.5 Å². The Morgan fingerprint density at radius 1 is 1.16 bits per heavy atom. The van der Waals surface area contributed by atoms with Crippen LogP contribution < -0.4 is 0 Å². The van der Waals surface area contributed by atoms with Crippen molar-refractivity contribution in [2.45, 2.75) is 39.0 Å². The van der Waals surface area contributed by atoms with Crippen LogP contribution in [0.5, 0.6) is 0 Å². The summed E-state index contributed by atoms with van der Waals surface area (Å²) in [5.74, 6) is -0.728. The van der Waals surface area contributed by atoms with Gasteiger partial charge in [0.25, 0.3) is 0 Å². The molecule has 4 heteroatoms. The number of amides is 1. The van der Waals surface area contributed by atoms with Gasteiger partial charge in [-0.1, -0.05) is 42.5 Å². The minimum absolute atomic E-state index is 0.0768. The molecule has 2 aromatic rings. The SMILES string of the molecule is CC1(C(=O)O)CCCN(C(=O)CCCc2ccc3ccccc3c2)C1. The lowest BCUT2D eigenvalue weighted by molar-refractivity contribution is -0.153. The molecule has 4 nitrogen and oxygen atoms in total. The summed E-state index contributed by atoms with van der Waals surface area (Å²) < 4.78 is 0. The monoisotopic (exact) mass is 339 g/mol. The first-order valence-electron chi connectivity index (χ1n) is 8.97. The van der Waals surface area contributed by atoms with E-state index in [1.807, 2.05) is 12.1 Å². The molecule has 0 spiro atoms. The second-order valence-corrected chi connectivity index (χ2v) is 7.32. The first-order valence-corrected chi connectivity index (χ1v) is 8.97. The van der Waals surface area contributed by atoms with Gasteiger partial charge in [-0.3, -0.25) is 9.59 Å². The van der Waals surface area contributed by atoms with E-state index in [0.717, 1.165) is 19.3 Å². The van der Waals surface area contributed by atoms with Gasteiger partial charge in [-0.15, -0.1) is 0 Å². The van der Waals surface area contributed by atoms with Crippen LogP contribution in [0.1, 0.15) is 38.2 Å². The average Bonchev–Trinajstić information content (AvgIpc) is 2.61. The Balaban J connectivity index is 1.54. The number of carboxylic acids is 1. The second kappa shape index (κ2) is 7.26. The molecule has 0 aliphatic carbocycles. The molecule has 3 rings (SSSR count). The molecule has 25 heavy (non-hydrogen) atoms. The van der Waals surface area contributed by atoms with Gasteiger partial charge < -0.3 is 10.0 Å². The normalized spacial score (nSPS) is 20.6. The summed E-state index contributed by atoms with van der Waals surface area (Å²) in [5.41, 5.74) is 0.437. The number of piperidine rings is 1. The number of carbonyl (C=O) groups is 2. The van der Waals surface area contributed by atoms with Crippen LogP contribution in [0, 0.1) is 5.41 Å². The lowest BCUT2D eigenvalue weighted by Crippen LogP contribution is -2.48. The van der Waals surface area contributed by atoms with Crippen LogP contribution in [0.3, 0.4) is 0 Å². The van der Waals surface area contributed by atoms with E-state index in [4.69, 9.17) is 0 Å². The van der Waals surface area contributed by atoms with Gasteiger partial charge in [0.15, 0.2) is 0 Å². The zero-order valence-electron chi connectivity index (χ0n) is 14.7. The number of carboxylic acid groups (broad SMARTS) is 1. The van der Waals surface area contributed by atoms with E-state index in [2.05, 4.69) is 30.3 Å². The van der Waals surface area contributed by atoms with Crippen LogP contribution in [0.4, 0.5) is 0 Å². The lowest BCUT2D eigenvalue weighted by atomic mass is 9.82. The quantitative estimate of drug-likeness (QED) is 0.899. The number of likely N-dealkylation sites (tertiary alicyclic amines) is 1. The van der Waals surface area contributed by atoms with E-state index < -0.39 is 11.4 Å². The summed E-state index contributed by atoms with van der Waals surface area (Å²) in [6, 6.07) is 14.7. The predicted octanol–water partition coefficient (Wildman–Crippen LogP) is 3.88. The van der Waals surface area contributed by atoms with Crippen LogP contribution in [-0.4, -0.2) is 35.0 Å². The zero-order chi connectivity index (χ0) is 17.9. The van der Waals surface area contributed by atoms with Gasteiger partial charge in [-0.2, -0.15) is 0 Å². The predicted molar refractivity (Wildman–Crippen MR) is 98.4 cm³/mol. The van der Waals surface area contributed by atoms with Crippen molar-refractivity contribution in [2.75, 3.05) is 13.1 Å². The summed E-state index contributed by atoms with van der Waals surface area (Å²) in [4.78, 5) is 25.6. The van der Waals surface area contributed by atoms with E-state index >= 15 is 0 Å². The van der Waals surface area contributed by atoms with E-state index in [0.29, 0.717) is 25.9 Å². The third-order valence-corrected chi connectivity index (χ3v) is 5.24. The fourth-order valence-corrected chi connectivity index (χ4v) is 3.62. The third kappa shape index (κ3) is 4.01. The Bertz CT molecular complexity index is 786. The van der Waals surface area contributed by atoms with Gasteiger partial charge in [0.1, 0.15) is 0 Å². The van der Waals surface area contributed by atoms with E-state index in [1.165, 1.54) is 16.3 Å². The van der Waals surface area contributed by atoms with Gasteiger partial charge in [-0.25, -0.2) is 0 Å². The number of nitrogens with zero attached hydrogens (tertiary/aromatic N) is 1. The molecule has 0 bridgehead atoms. The van der Waals surface area contributed by atoms with Crippen molar-refractivity contribution in [2.24, 2.45) is 5.41 Å². The summed E-state index contributed by atoms with van der Waals surface area (Å²) in [6.45, 7) is 2.75. The van der Waals surface area contributed by atoms with Gasteiger partial charge in [-0.05, 0) is 48.9 Å². The molecule has 132 valence electrons. The molecule has 0 aromatic heterocycles. The van der Waals surface area contributed by atoms with Crippen LogP contribution in [0.2, 0.25) is 0 Å². The molecule has 1 fully saturated rings. The number of aryl methyl sites for hydroxylation is 1. The number of rotatable bonds is 5. The van der Waals surface area contributed by atoms with Crippen LogP contribution >= 0.6 is 0 Å². The Labute approximate surface area is 148 Å². The van der Waals surface area contributed by atoms with E-state index in [9.17, 15) is 14.7 Å². The highest BCUT2D eigenvalue weighted by Gasteiger charge is 2.39. The topological polar surface area (TPSA) is 57.6 Å². The molecule has 1 aliphatic heterocycles. The molecule has 0 radical (unpaired) electrons. The Morgan fingerprint density at radius 2 is 1.92 bits per heavy atom. The van der Waals surface area contributed by atoms with Crippen molar-refractivity contribution < 1.29 is 14.7 Å². The van der Waals surface area contributed by atoms with Crippen LogP contribution in [-0.2, 0) is 16.0 Å². The van der Waals surface area contributed by atoms with E-state index in [-0.39, 0.29) is 5.91 Å². The molecular weight excluding hydrogens is 314 g/mol. The van der Waals surface area contributed by atoms with Gasteiger partial charge in [0.2, 0.25) is 5.91 Å². The highest BCUT2D eigenvalue weighted by molar-refractivity contribution is 5.83. The fourth-order valence-electron chi connectivity index (χ4n) is 3.62. The number of benzene rings is 2.